The first-order valence-corrected chi connectivity index (χ1v) is 25.4. The van der Waals surface area contributed by atoms with E-state index in [0.717, 1.165) is 30.9 Å². The van der Waals surface area contributed by atoms with E-state index in [1.165, 1.54) is 21.3 Å². The second-order valence-corrected chi connectivity index (χ2v) is 31.3. The minimum atomic E-state index is -3.85. The fraction of sp³-hybridized carbons (Fsp3) is 0.520. The molecule has 38 heavy (non-hydrogen) atoms. The molecule has 0 saturated heterocycles. The maximum absolute atomic E-state index is 12.1. The van der Waals surface area contributed by atoms with Gasteiger partial charge in [0.1, 0.15) is 0 Å². The number of hydrogen-bond donors (Lipinski definition) is 2. The summed E-state index contributed by atoms with van der Waals surface area (Å²) >= 11 is 0. The van der Waals surface area contributed by atoms with E-state index < -0.39 is 42.1 Å². The smallest absolute Gasteiger partial charge is 0.431 e. The number of hydrogen-bond acceptors (Lipinski definition) is 8. The molecule has 0 radical (unpaired) electrons. The normalized spacial score (nSPS) is 17.4. The van der Waals surface area contributed by atoms with Crippen molar-refractivity contribution in [2.45, 2.75) is 64.8 Å². The predicted molar refractivity (Wildman–Crippen MR) is 162 cm³/mol. The Balaban J connectivity index is 2.43. The van der Waals surface area contributed by atoms with Crippen LogP contribution in [-0.4, -0.2) is 73.0 Å². The van der Waals surface area contributed by atoms with Gasteiger partial charge in [-0.2, -0.15) is 0 Å². The average molecular weight is 615 g/mol. The van der Waals surface area contributed by atoms with Crippen LogP contribution in [0.1, 0.15) is 32.6 Å². The lowest BCUT2D eigenvalue weighted by Crippen LogP contribution is -2.75. The molecule has 0 aliphatic rings. The highest BCUT2D eigenvalue weighted by molar-refractivity contribution is 7.42. The number of benzene rings is 2. The molecule has 0 aromatic heterocycles. The van der Waals surface area contributed by atoms with Gasteiger partial charge in [-0.05, 0) is 37.4 Å². The molecule has 13 heteroatoms. The van der Waals surface area contributed by atoms with Crippen LogP contribution in [0.5, 0.6) is 0 Å². The fourth-order valence-electron chi connectivity index (χ4n) is 4.41. The maximum Gasteiger partial charge on any atom is 0.659 e. The van der Waals surface area contributed by atoms with Crippen LogP contribution in [0.25, 0.3) is 0 Å². The Bertz CT molecular complexity index is 965. The number of rotatable bonds is 17. The van der Waals surface area contributed by atoms with E-state index in [0.29, 0.717) is 11.2 Å². The van der Waals surface area contributed by atoms with Crippen molar-refractivity contribution in [2.75, 3.05) is 21.3 Å². The van der Waals surface area contributed by atoms with Gasteiger partial charge < -0.3 is 35.2 Å². The summed E-state index contributed by atoms with van der Waals surface area (Å²) in [5, 5.41) is 1.54. The molecule has 0 aliphatic heterocycles. The van der Waals surface area contributed by atoms with Gasteiger partial charge in [0.05, 0.1) is 0 Å². The van der Waals surface area contributed by atoms with Crippen LogP contribution in [0.3, 0.4) is 0 Å². The quantitative estimate of drug-likeness (QED) is 0.206. The standard InChI is InChI=1S/C25H46O8Si5/c1-9-10-11-18-23-35(7,26)36(8,24-19-14-12-15-20-24)33-38(29-3,30-4)32-34(5,6)31-37(27,28-2)25-21-16-13-17-22-25/h12-17,19-22,26-27H,9-11,18,23H2,1-8H3. The van der Waals surface area contributed by atoms with Crippen molar-refractivity contribution in [2.24, 2.45) is 0 Å². The van der Waals surface area contributed by atoms with Gasteiger partial charge in [-0.3, -0.25) is 0 Å². The Hall–Kier alpha value is -0.796. The Morgan fingerprint density at radius 1 is 0.632 bits per heavy atom. The predicted octanol–water partition coefficient (Wildman–Crippen LogP) is 3.66. The lowest BCUT2D eigenvalue weighted by atomic mass is 10.2. The topological polar surface area (TPSA) is 95.8 Å². The Morgan fingerprint density at radius 2 is 1.16 bits per heavy atom. The molecule has 2 rings (SSSR count). The van der Waals surface area contributed by atoms with E-state index in [-0.39, 0.29) is 0 Å². The molecule has 214 valence electrons. The van der Waals surface area contributed by atoms with Crippen LogP contribution in [0, 0.1) is 0 Å². The third-order valence-electron chi connectivity index (χ3n) is 6.87. The molecule has 8 nitrogen and oxygen atoms in total. The van der Waals surface area contributed by atoms with Gasteiger partial charge >= 0.3 is 26.4 Å². The van der Waals surface area contributed by atoms with Gasteiger partial charge in [0.15, 0.2) is 0 Å². The molecule has 2 aromatic carbocycles. The Kier molecular flexibility index (Phi) is 12.5. The molecule has 0 heterocycles. The van der Waals surface area contributed by atoms with E-state index in [1.807, 2.05) is 61.6 Å². The second-order valence-electron chi connectivity index (χ2n) is 10.3. The highest BCUT2D eigenvalue weighted by Gasteiger charge is 2.62. The molecule has 2 N–H and O–H groups in total. The van der Waals surface area contributed by atoms with E-state index in [9.17, 15) is 9.59 Å². The molecule has 0 spiro atoms. The van der Waals surface area contributed by atoms with Gasteiger partial charge in [0, 0.05) is 26.5 Å². The van der Waals surface area contributed by atoms with Crippen molar-refractivity contribution < 1.29 is 35.2 Å². The van der Waals surface area contributed by atoms with Crippen molar-refractivity contribution in [3.63, 3.8) is 0 Å². The van der Waals surface area contributed by atoms with E-state index >= 15 is 0 Å². The zero-order chi connectivity index (χ0) is 28.5. The molecule has 0 amide bonds. The summed E-state index contributed by atoms with van der Waals surface area (Å²) in [6, 6.07) is 19.7. The molecule has 2 aromatic rings. The van der Waals surface area contributed by atoms with Crippen LogP contribution >= 0.6 is 0 Å². The summed E-state index contributed by atoms with van der Waals surface area (Å²) < 4.78 is 37.0. The van der Waals surface area contributed by atoms with Crippen molar-refractivity contribution in [3.8, 4) is 0 Å². The van der Waals surface area contributed by atoms with Crippen molar-refractivity contribution >= 4 is 52.5 Å². The summed E-state index contributed by atoms with van der Waals surface area (Å²) in [4.78, 5) is 23.4. The monoisotopic (exact) mass is 614 g/mol. The molecule has 0 aliphatic carbocycles. The largest absolute Gasteiger partial charge is 0.659 e. The summed E-state index contributed by atoms with van der Waals surface area (Å²) in [5.74, 6) is 0. The van der Waals surface area contributed by atoms with Gasteiger partial charge in [-0.25, -0.2) is 0 Å². The van der Waals surface area contributed by atoms with Gasteiger partial charge in [0.25, 0.3) is 0 Å². The maximum atomic E-state index is 12.1. The van der Waals surface area contributed by atoms with Crippen LogP contribution in [-0.2, 0) is 25.6 Å². The molecule has 0 fully saturated rings. The zero-order valence-electron chi connectivity index (χ0n) is 24.2. The van der Waals surface area contributed by atoms with Gasteiger partial charge in [-0.15, -0.1) is 0 Å². The van der Waals surface area contributed by atoms with Crippen LogP contribution in [0.2, 0.25) is 32.2 Å². The molecule has 3 atom stereocenters. The van der Waals surface area contributed by atoms with Crippen molar-refractivity contribution in [1.29, 1.82) is 0 Å². The minimum Gasteiger partial charge on any atom is -0.431 e. The van der Waals surface area contributed by atoms with Gasteiger partial charge in [0.2, 0.25) is 15.7 Å². The third kappa shape index (κ3) is 8.36. The van der Waals surface area contributed by atoms with E-state index in [1.54, 1.807) is 25.2 Å². The van der Waals surface area contributed by atoms with Crippen LogP contribution < -0.4 is 10.4 Å². The molecule has 0 bridgehead atoms. The first-order chi connectivity index (χ1) is 17.8. The SMILES string of the molecule is CCCCCC[Si](C)(O)[Si](C)(O[Si](OC)(OC)O[Si](C)(C)O[Si](O)(OC)c1ccccc1)c1ccccc1. The Labute approximate surface area is 234 Å². The summed E-state index contributed by atoms with van der Waals surface area (Å²) in [7, 11) is -12.4. The van der Waals surface area contributed by atoms with Crippen LogP contribution in [0.15, 0.2) is 60.7 Å². The zero-order valence-corrected chi connectivity index (χ0v) is 29.2. The first kappa shape index (κ1) is 33.4. The highest BCUT2D eigenvalue weighted by Crippen LogP contribution is 2.31. The lowest BCUT2D eigenvalue weighted by molar-refractivity contribution is 0.0653. The second kappa shape index (κ2) is 14.2. The van der Waals surface area contributed by atoms with E-state index in [2.05, 4.69) is 6.92 Å². The highest BCUT2D eigenvalue weighted by atomic mass is 29.3. The van der Waals surface area contributed by atoms with E-state index in [4.69, 9.17) is 25.6 Å². The lowest BCUT2D eigenvalue weighted by Gasteiger charge is -2.45. The summed E-state index contributed by atoms with van der Waals surface area (Å²) in [6.07, 6.45) is 4.27. The molecule has 3 unspecified atom stereocenters. The fourth-order valence-corrected chi connectivity index (χ4v) is 27.4. The number of unbranched alkanes of at least 4 members (excludes halogenated alkanes) is 3. The summed E-state index contributed by atoms with van der Waals surface area (Å²) in [6.45, 7) is 9.80. The van der Waals surface area contributed by atoms with Crippen LogP contribution in [0.4, 0.5) is 0 Å². The average Bonchev–Trinajstić information content (AvgIpc) is 2.91. The molecule has 0 saturated carbocycles. The third-order valence-corrected chi connectivity index (χ3v) is 31.7. The first-order valence-electron chi connectivity index (χ1n) is 13.1. The molecular weight excluding hydrogens is 569 g/mol. The molecular formula is C25H46O8Si5. The van der Waals surface area contributed by atoms with Gasteiger partial charge in [-0.1, -0.05) is 93.3 Å². The summed E-state index contributed by atoms with van der Waals surface area (Å²) in [5.41, 5.74) is 0. The van der Waals surface area contributed by atoms with Crippen molar-refractivity contribution in [1.82, 2.24) is 0 Å². The minimum absolute atomic E-state index is 0.570. The van der Waals surface area contributed by atoms with Crippen molar-refractivity contribution in [3.05, 3.63) is 60.7 Å². The Morgan fingerprint density at radius 3 is 1.63 bits per heavy atom.